The lowest BCUT2D eigenvalue weighted by Gasteiger charge is -2.29. The third-order valence-electron chi connectivity index (χ3n) is 5.04. The molecule has 0 spiro atoms. The number of aryl methyl sites for hydroxylation is 1. The third kappa shape index (κ3) is 4.30. The summed E-state index contributed by atoms with van der Waals surface area (Å²) in [5.41, 5.74) is 4.17. The number of rotatable bonds is 3. The van der Waals surface area contributed by atoms with Gasteiger partial charge in [-0.1, -0.05) is 0 Å². The van der Waals surface area contributed by atoms with Crippen LogP contribution in [0.3, 0.4) is 0 Å². The predicted octanol–water partition coefficient (Wildman–Crippen LogP) is 1.50. The van der Waals surface area contributed by atoms with Crippen LogP contribution in [0.15, 0.2) is 12.3 Å². The number of aliphatic hydroxyl groups is 1. The molecule has 0 amide bonds. The van der Waals surface area contributed by atoms with Gasteiger partial charge in [0.15, 0.2) is 5.65 Å². The second kappa shape index (κ2) is 9.30. The van der Waals surface area contributed by atoms with Gasteiger partial charge in [0.05, 0.1) is 24.1 Å². The molecule has 2 aliphatic heterocycles. The highest BCUT2D eigenvalue weighted by Gasteiger charge is 2.23. The van der Waals surface area contributed by atoms with Crippen LogP contribution in [-0.2, 0) is 11.3 Å². The molecule has 0 saturated carbocycles. The molecule has 0 aliphatic carbocycles. The number of hydrogen-bond donors (Lipinski definition) is 2. The first-order chi connectivity index (χ1) is 11.7. The van der Waals surface area contributed by atoms with E-state index in [1.54, 1.807) is 0 Å². The maximum absolute atomic E-state index is 9.68. The molecule has 2 fully saturated rings. The van der Waals surface area contributed by atoms with Crippen molar-refractivity contribution in [2.75, 3.05) is 32.8 Å². The summed E-state index contributed by atoms with van der Waals surface area (Å²) in [4.78, 5) is 6.97. The van der Waals surface area contributed by atoms with Gasteiger partial charge in [-0.3, -0.25) is 4.90 Å². The van der Waals surface area contributed by atoms with Crippen molar-refractivity contribution in [1.29, 1.82) is 0 Å². The number of nitrogens with zero attached hydrogens (tertiary/aromatic N) is 4. The number of morpholine rings is 1. The van der Waals surface area contributed by atoms with E-state index in [0.717, 1.165) is 69.2 Å². The van der Waals surface area contributed by atoms with Crippen LogP contribution in [0.1, 0.15) is 35.9 Å². The summed E-state index contributed by atoms with van der Waals surface area (Å²) >= 11 is 0. The van der Waals surface area contributed by atoms with Crippen molar-refractivity contribution in [3.05, 3.63) is 29.2 Å². The molecule has 2 aliphatic rings. The average molecular weight is 404 g/mol. The zero-order chi connectivity index (χ0) is 16.5. The lowest BCUT2D eigenvalue weighted by molar-refractivity contribution is 0.0236. The zero-order valence-corrected chi connectivity index (χ0v) is 16.6. The molecule has 4 rings (SSSR count). The van der Waals surface area contributed by atoms with Crippen molar-refractivity contribution < 1.29 is 9.84 Å². The van der Waals surface area contributed by atoms with Crippen LogP contribution in [0.2, 0.25) is 0 Å². The van der Waals surface area contributed by atoms with E-state index in [9.17, 15) is 5.11 Å². The van der Waals surface area contributed by atoms with Gasteiger partial charge in [0.2, 0.25) is 0 Å². The fourth-order valence-corrected chi connectivity index (χ4v) is 3.60. The molecule has 2 aromatic heterocycles. The Balaban J connectivity index is 0.00000121. The standard InChI is InChI=1S/C17H25N5O2.2ClH/c1-12-14(11-21-7-3-13(23)4-8-21)17-19-5-2-15(22(17)20-12)16-10-18-6-9-24-16;;/h2,5,13,16,18,23H,3-4,6-11H2,1H3;2*1H. The number of fused-ring (bicyclic) bond motifs is 1. The van der Waals surface area contributed by atoms with Gasteiger partial charge >= 0.3 is 0 Å². The van der Waals surface area contributed by atoms with E-state index in [2.05, 4.69) is 15.2 Å². The normalized spacial score (nSPS) is 22.0. The van der Waals surface area contributed by atoms with E-state index in [1.807, 2.05) is 23.7 Å². The summed E-state index contributed by atoms with van der Waals surface area (Å²) in [6.45, 7) is 7.15. The number of ether oxygens (including phenoxy) is 1. The van der Waals surface area contributed by atoms with Gasteiger partial charge in [-0.15, -0.1) is 24.8 Å². The summed E-state index contributed by atoms with van der Waals surface area (Å²) in [5, 5.41) is 17.8. The summed E-state index contributed by atoms with van der Waals surface area (Å²) in [6, 6.07) is 2.00. The highest BCUT2D eigenvalue weighted by molar-refractivity contribution is 5.85. The van der Waals surface area contributed by atoms with Crippen molar-refractivity contribution in [3.63, 3.8) is 0 Å². The van der Waals surface area contributed by atoms with Gasteiger partial charge in [0, 0.05) is 44.5 Å². The molecule has 2 aromatic rings. The molecular formula is C17H27Cl2N5O2. The molecule has 1 atom stereocenters. The van der Waals surface area contributed by atoms with Crippen LogP contribution in [0.25, 0.3) is 5.65 Å². The van der Waals surface area contributed by atoms with Crippen LogP contribution in [-0.4, -0.2) is 63.5 Å². The maximum Gasteiger partial charge on any atom is 0.160 e. The Labute approximate surface area is 165 Å². The Bertz CT molecular complexity index is 712. The highest BCUT2D eigenvalue weighted by atomic mass is 35.5. The lowest BCUT2D eigenvalue weighted by Crippen LogP contribution is -2.35. The fraction of sp³-hybridized carbons (Fsp3) is 0.647. The first-order valence-corrected chi connectivity index (χ1v) is 8.78. The predicted molar refractivity (Wildman–Crippen MR) is 104 cm³/mol. The van der Waals surface area contributed by atoms with Crippen LogP contribution in [0.5, 0.6) is 0 Å². The zero-order valence-electron chi connectivity index (χ0n) is 14.9. The van der Waals surface area contributed by atoms with Crippen LogP contribution in [0.4, 0.5) is 0 Å². The Hall–Kier alpha value is -0.960. The van der Waals surface area contributed by atoms with Gasteiger partial charge in [-0.25, -0.2) is 9.50 Å². The molecule has 0 radical (unpaired) electrons. The molecule has 146 valence electrons. The first-order valence-electron chi connectivity index (χ1n) is 8.78. The smallest absolute Gasteiger partial charge is 0.160 e. The van der Waals surface area contributed by atoms with E-state index in [4.69, 9.17) is 9.84 Å². The van der Waals surface area contributed by atoms with Crippen LogP contribution >= 0.6 is 24.8 Å². The molecule has 9 heteroatoms. The number of likely N-dealkylation sites (tertiary alicyclic amines) is 1. The Kier molecular flexibility index (Phi) is 7.63. The monoisotopic (exact) mass is 403 g/mol. The van der Waals surface area contributed by atoms with E-state index in [1.165, 1.54) is 5.56 Å². The molecule has 0 aromatic carbocycles. The van der Waals surface area contributed by atoms with Crippen molar-refractivity contribution >= 4 is 30.5 Å². The quantitative estimate of drug-likeness (QED) is 0.808. The van der Waals surface area contributed by atoms with Gasteiger partial charge in [0.25, 0.3) is 0 Å². The summed E-state index contributed by atoms with van der Waals surface area (Å²) < 4.78 is 7.84. The number of nitrogens with one attached hydrogen (secondary N) is 1. The largest absolute Gasteiger partial charge is 0.393 e. The minimum Gasteiger partial charge on any atom is -0.393 e. The van der Waals surface area contributed by atoms with Gasteiger partial charge < -0.3 is 15.2 Å². The van der Waals surface area contributed by atoms with Gasteiger partial charge in [-0.05, 0) is 25.8 Å². The fourth-order valence-electron chi connectivity index (χ4n) is 3.60. The lowest BCUT2D eigenvalue weighted by atomic mass is 10.1. The molecular weight excluding hydrogens is 377 g/mol. The SMILES string of the molecule is Cc1nn2c(C3CNCCO3)ccnc2c1CN1CCC(O)CC1.Cl.Cl. The molecule has 2 saturated heterocycles. The molecule has 0 bridgehead atoms. The van der Waals surface area contributed by atoms with Crippen molar-refractivity contribution in [1.82, 2.24) is 24.8 Å². The Morgan fingerprint density at radius 2 is 2.08 bits per heavy atom. The number of piperidine rings is 1. The summed E-state index contributed by atoms with van der Waals surface area (Å²) in [5.74, 6) is 0. The minimum absolute atomic E-state index is 0. The Morgan fingerprint density at radius 3 is 2.77 bits per heavy atom. The maximum atomic E-state index is 9.68. The number of aromatic nitrogens is 3. The van der Waals surface area contributed by atoms with Crippen molar-refractivity contribution in [2.45, 2.75) is 38.5 Å². The van der Waals surface area contributed by atoms with E-state index >= 15 is 0 Å². The third-order valence-corrected chi connectivity index (χ3v) is 5.04. The topological polar surface area (TPSA) is 74.9 Å². The molecule has 7 nitrogen and oxygen atoms in total. The second-order valence-corrected chi connectivity index (χ2v) is 6.74. The number of aliphatic hydroxyl groups excluding tert-OH is 1. The number of hydrogen-bond acceptors (Lipinski definition) is 6. The summed E-state index contributed by atoms with van der Waals surface area (Å²) in [6.07, 6.45) is 3.41. The van der Waals surface area contributed by atoms with E-state index < -0.39 is 0 Å². The second-order valence-electron chi connectivity index (χ2n) is 6.74. The molecule has 26 heavy (non-hydrogen) atoms. The number of halogens is 2. The van der Waals surface area contributed by atoms with Crippen LogP contribution < -0.4 is 5.32 Å². The highest BCUT2D eigenvalue weighted by Crippen LogP contribution is 2.24. The van der Waals surface area contributed by atoms with Gasteiger partial charge in [-0.2, -0.15) is 5.10 Å². The first kappa shape index (κ1) is 21.3. The van der Waals surface area contributed by atoms with Crippen molar-refractivity contribution in [3.8, 4) is 0 Å². The Morgan fingerprint density at radius 1 is 1.31 bits per heavy atom. The molecule has 1 unspecified atom stereocenters. The van der Waals surface area contributed by atoms with Crippen LogP contribution in [0, 0.1) is 6.92 Å². The molecule has 4 heterocycles. The van der Waals surface area contributed by atoms with E-state index in [0.29, 0.717) is 0 Å². The van der Waals surface area contributed by atoms with E-state index in [-0.39, 0.29) is 37.0 Å². The minimum atomic E-state index is -0.146. The summed E-state index contributed by atoms with van der Waals surface area (Å²) in [7, 11) is 0. The average Bonchev–Trinajstić information content (AvgIpc) is 2.93. The van der Waals surface area contributed by atoms with Gasteiger partial charge in [0.1, 0.15) is 6.10 Å². The molecule has 2 N–H and O–H groups in total. The van der Waals surface area contributed by atoms with Crippen molar-refractivity contribution in [2.24, 2.45) is 0 Å².